The molecule has 2 aromatic rings. The van der Waals surface area contributed by atoms with Crippen molar-refractivity contribution in [3.63, 3.8) is 0 Å². The number of hydrogen-bond acceptors (Lipinski definition) is 6. The van der Waals surface area contributed by atoms with Gasteiger partial charge in [0.25, 0.3) is 0 Å². The first-order valence-electron chi connectivity index (χ1n) is 7.68. The molecule has 6 nitrogen and oxygen atoms in total. The van der Waals surface area contributed by atoms with Crippen LogP contribution in [0.2, 0.25) is 0 Å². The molecule has 3 rings (SSSR count). The Hall–Kier alpha value is -2.21. The van der Waals surface area contributed by atoms with Crippen LogP contribution in [0.1, 0.15) is 34.1 Å². The van der Waals surface area contributed by atoms with Gasteiger partial charge in [-0.05, 0) is 35.1 Å². The van der Waals surface area contributed by atoms with Crippen LogP contribution in [-0.4, -0.2) is 20.9 Å². The number of nitrogens with one attached hydrogen (secondary N) is 1. The minimum atomic E-state index is -3.88. The summed E-state index contributed by atoms with van der Waals surface area (Å²) in [6.07, 6.45) is 0.345. The molecule has 0 fully saturated rings. The van der Waals surface area contributed by atoms with Crippen LogP contribution in [0.15, 0.2) is 35.7 Å². The van der Waals surface area contributed by atoms with E-state index in [2.05, 4.69) is 4.72 Å². The highest BCUT2D eigenvalue weighted by Crippen LogP contribution is 2.33. The Balaban J connectivity index is 1.66. The van der Waals surface area contributed by atoms with Crippen LogP contribution in [0.4, 0.5) is 0 Å². The molecule has 2 heterocycles. The molecule has 1 unspecified atom stereocenters. The number of thiophene rings is 1. The Morgan fingerprint density at radius 3 is 2.96 bits per heavy atom. The zero-order valence-corrected chi connectivity index (χ0v) is 14.9. The molecule has 1 aromatic heterocycles. The number of nitrogens with zero attached hydrogens (tertiary/aromatic N) is 1. The summed E-state index contributed by atoms with van der Waals surface area (Å²) in [6.45, 7) is 0.518. The SMILES string of the molecule is N#Cc1ccccc1CS(=O)(=O)NC(=O)CC1OCCc2ccsc21. The molecule has 0 saturated heterocycles. The number of fused-ring (bicyclic) bond motifs is 1. The van der Waals surface area contributed by atoms with Crippen molar-refractivity contribution < 1.29 is 17.9 Å². The first-order chi connectivity index (χ1) is 12.0. The molecule has 1 N–H and O–H groups in total. The highest BCUT2D eigenvalue weighted by atomic mass is 32.2. The lowest BCUT2D eigenvalue weighted by atomic mass is 10.1. The number of benzene rings is 1. The maximum atomic E-state index is 12.2. The fourth-order valence-corrected chi connectivity index (χ4v) is 4.92. The number of amides is 1. The van der Waals surface area contributed by atoms with Crippen LogP contribution in [0.3, 0.4) is 0 Å². The van der Waals surface area contributed by atoms with Crippen molar-refractivity contribution in [2.75, 3.05) is 6.61 Å². The first kappa shape index (κ1) is 17.6. The Morgan fingerprint density at radius 2 is 2.16 bits per heavy atom. The quantitative estimate of drug-likeness (QED) is 0.863. The van der Waals surface area contributed by atoms with E-state index in [9.17, 15) is 13.2 Å². The topological polar surface area (TPSA) is 96.3 Å². The van der Waals surface area contributed by atoms with Gasteiger partial charge < -0.3 is 4.74 Å². The third-order valence-electron chi connectivity index (χ3n) is 3.89. The smallest absolute Gasteiger partial charge is 0.239 e. The Kier molecular flexibility index (Phi) is 5.18. The van der Waals surface area contributed by atoms with E-state index in [1.807, 2.05) is 17.5 Å². The van der Waals surface area contributed by atoms with Crippen LogP contribution in [-0.2, 0) is 31.7 Å². The van der Waals surface area contributed by atoms with Gasteiger partial charge >= 0.3 is 0 Å². The van der Waals surface area contributed by atoms with Gasteiger partial charge in [-0.15, -0.1) is 11.3 Å². The fourth-order valence-electron chi connectivity index (χ4n) is 2.75. The molecule has 1 aliphatic heterocycles. The van der Waals surface area contributed by atoms with E-state index in [4.69, 9.17) is 10.00 Å². The molecular weight excluding hydrogens is 360 g/mol. The lowest BCUT2D eigenvalue weighted by Crippen LogP contribution is -2.33. The van der Waals surface area contributed by atoms with Gasteiger partial charge in [0, 0.05) is 4.88 Å². The van der Waals surface area contributed by atoms with Crippen LogP contribution < -0.4 is 4.72 Å². The van der Waals surface area contributed by atoms with E-state index in [0.29, 0.717) is 12.2 Å². The fraction of sp³-hybridized carbons (Fsp3) is 0.294. The molecule has 0 spiro atoms. The van der Waals surface area contributed by atoms with Gasteiger partial charge in [-0.25, -0.2) is 8.42 Å². The van der Waals surface area contributed by atoms with Gasteiger partial charge in [0.15, 0.2) is 0 Å². The Morgan fingerprint density at radius 1 is 1.36 bits per heavy atom. The molecule has 1 atom stereocenters. The van der Waals surface area contributed by atoms with Crippen LogP contribution in [0.25, 0.3) is 0 Å². The second kappa shape index (κ2) is 7.35. The summed E-state index contributed by atoms with van der Waals surface area (Å²) in [4.78, 5) is 13.2. The highest BCUT2D eigenvalue weighted by molar-refractivity contribution is 7.89. The zero-order chi connectivity index (χ0) is 17.9. The van der Waals surface area contributed by atoms with E-state index in [-0.39, 0.29) is 12.0 Å². The molecule has 1 aromatic carbocycles. The second-order valence-electron chi connectivity index (χ2n) is 5.68. The molecule has 25 heavy (non-hydrogen) atoms. The largest absolute Gasteiger partial charge is 0.372 e. The summed E-state index contributed by atoms with van der Waals surface area (Å²) >= 11 is 1.51. The van der Waals surface area contributed by atoms with Crippen molar-refractivity contribution in [3.05, 3.63) is 57.3 Å². The van der Waals surface area contributed by atoms with E-state index < -0.39 is 27.8 Å². The van der Waals surface area contributed by atoms with Crippen molar-refractivity contribution in [2.24, 2.45) is 0 Å². The monoisotopic (exact) mass is 376 g/mol. The number of rotatable bonds is 5. The lowest BCUT2D eigenvalue weighted by molar-refractivity contribution is -0.122. The van der Waals surface area contributed by atoms with Gasteiger partial charge in [-0.1, -0.05) is 18.2 Å². The normalized spacial score (nSPS) is 16.7. The molecule has 130 valence electrons. The standard InChI is InChI=1S/C17H16N2O4S2/c18-10-13-3-1-2-4-14(13)11-25(21,22)19-16(20)9-15-17-12(5-7-23-15)6-8-24-17/h1-4,6,8,15H,5,7,9,11H2,(H,19,20). The van der Waals surface area contributed by atoms with E-state index in [0.717, 1.165) is 16.9 Å². The number of ether oxygens (including phenoxy) is 1. The number of carbonyl (C=O) groups is 1. The van der Waals surface area contributed by atoms with Gasteiger partial charge in [0.05, 0.1) is 30.4 Å². The molecule has 0 saturated carbocycles. The van der Waals surface area contributed by atoms with Crippen molar-refractivity contribution in [3.8, 4) is 6.07 Å². The maximum Gasteiger partial charge on any atom is 0.239 e. The molecule has 1 amide bonds. The summed E-state index contributed by atoms with van der Waals surface area (Å²) < 4.78 is 32.2. The predicted molar refractivity (Wildman–Crippen MR) is 93.3 cm³/mol. The maximum absolute atomic E-state index is 12.2. The van der Waals surface area contributed by atoms with Crippen LogP contribution in [0.5, 0.6) is 0 Å². The van der Waals surface area contributed by atoms with Gasteiger partial charge in [0.1, 0.15) is 6.10 Å². The molecule has 1 aliphatic rings. The number of sulfonamides is 1. The first-order valence-corrected chi connectivity index (χ1v) is 10.2. The van der Waals surface area contributed by atoms with Crippen molar-refractivity contribution in [2.45, 2.75) is 24.7 Å². The van der Waals surface area contributed by atoms with Crippen LogP contribution in [0, 0.1) is 11.3 Å². The van der Waals surface area contributed by atoms with Crippen LogP contribution >= 0.6 is 11.3 Å². The van der Waals surface area contributed by atoms with E-state index in [1.165, 1.54) is 11.3 Å². The summed E-state index contributed by atoms with van der Waals surface area (Å²) in [7, 11) is -3.88. The highest BCUT2D eigenvalue weighted by Gasteiger charge is 2.26. The Labute approximate surface area is 150 Å². The van der Waals surface area contributed by atoms with Crippen molar-refractivity contribution >= 4 is 27.3 Å². The number of nitriles is 1. The summed E-state index contributed by atoms with van der Waals surface area (Å²) in [5, 5.41) is 11.0. The number of hydrogen-bond donors (Lipinski definition) is 1. The molecule has 0 aliphatic carbocycles. The lowest BCUT2D eigenvalue weighted by Gasteiger charge is -2.22. The average molecular weight is 376 g/mol. The second-order valence-corrected chi connectivity index (χ2v) is 8.35. The minimum absolute atomic E-state index is 0.0490. The van der Waals surface area contributed by atoms with Gasteiger partial charge in [-0.3, -0.25) is 9.52 Å². The van der Waals surface area contributed by atoms with Crippen molar-refractivity contribution in [1.82, 2.24) is 4.72 Å². The van der Waals surface area contributed by atoms with Gasteiger partial charge in [0.2, 0.25) is 15.9 Å². The summed E-state index contributed by atoms with van der Waals surface area (Å²) in [6, 6.07) is 10.4. The van der Waals surface area contributed by atoms with Gasteiger partial charge in [-0.2, -0.15) is 5.26 Å². The summed E-state index contributed by atoms with van der Waals surface area (Å²) in [5.41, 5.74) is 1.79. The molecule has 8 heteroatoms. The Bertz CT molecular complexity index is 928. The number of carbonyl (C=O) groups excluding carboxylic acids is 1. The zero-order valence-electron chi connectivity index (χ0n) is 13.3. The third kappa shape index (κ3) is 4.25. The summed E-state index contributed by atoms with van der Waals surface area (Å²) in [5.74, 6) is -1.03. The minimum Gasteiger partial charge on any atom is -0.372 e. The molecule has 0 bridgehead atoms. The van der Waals surface area contributed by atoms with E-state index >= 15 is 0 Å². The molecule has 0 radical (unpaired) electrons. The predicted octanol–water partition coefficient (Wildman–Crippen LogP) is 2.27. The van der Waals surface area contributed by atoms with Crippen molar-refractivity contribution in [1.29, 1.82) is 5.26 Å². The third-order valence-corrected chi connectivity index (χ3v) is 6.17. The molecular formula is C17H16N2O4S2. The van der Waals surface area contributed by atoms with E-state index in [1.54, 1.807) is 24.3 Å². The average Bonchev–Trinajstić information content (AvgIpc) is 3.04.